The Kier molecular flexibility index (Phi) is 5.34. The summed E-state index contributed by atoms with van der Waals surface area (Å²) in [4.78, 5) is 14.3. The van der Waals surface area contributed by atoms with Gasteiger partial charge in [-0.25, -0.2) is 0 Å². The lowest BCUT2D eigenvalue weighted by Crippen LogP contribution is -2.40. The van der Waals surface area contributed by atoms with Gasteiger partial charge in [0.15, 0.2) is 0 Å². The third-order valence-electron chi connectivity index (χ3n) is 4.15. The predicted octanol–water partition coefficient (Wildman–Crippen LogP) is 2.72. The number of nitrogens with zero attached hydrogens (tertiary/aromatic N) is 1. The number of benzene rings is 1. The van der Waals surface area contributed by atoms with E-state index in [4.69, 9.17) is 5.73 Å². The maximum atomic E-state index is 12.5. The van der Waals surface area contributed by atoms with Crippen molar-refractivity contribution in [2.24, 2.45) is 11.7 Å². The molecule has 1 aromatic rings. The summed E-state index contributed by atoms with van der Waals surface area (Å²) >= 11 is 0. The summed E-state index contributed by atoms with van der Waals surface area (Å²) in [6, 6.07) is 3.23. The van der Waals surface area contributed by atoms with Crippen LogP contribution in [0.3, 0.4) is 0 Å². The van der Waals surface area contributed by atoms with Crippen molar-refractivity contribution >= 4 is 5.91 Å². The second-order valence-corrected chi connectivity index (χ2v) is 5.79. The van der Waals surface area contributed by atoms with Crippen molar-refractivity contribution in [1.29, 1.82) is 0 Å². The van der Waals surface area contributed by atoms with Crippen molar-refractivity contribution in [2.45, 2.75) is 33.3 Å². The Morgan fingerprint density at radius 3 is 2.32 bits per heavy atom. The maximum absolute atomic E-state index is 12.5. The molecular formula is C16H22F2N2O2. The lowest BCUT2D eigenvalue weighted by Gasteiger charge is -2.31. The minimum atomic E-state index is -2.87. The van der Waals surface area contributed by atoms with Crippen LogP contribution in [0.1, 0.15) is 34.3 Å². The molecule has 1 aromatic carbocycles. The first-order valence-electron chi connectivity index (χ1n) is 7.47. The Morgan fingerprint density at radius 1 is 1.32 bits per heavy atom. The summed E-state index contributed by atoms with van der Waals surface area (Å²) in [5, 5.41) is 0. The average Bonchev–Trinajstić information content (AvgIpc) is 2.50. The smallest absolute Gasteiger partial charge is 0.387 e. The van der Waals surface area contributed by atoms with Gasteiger partial charge in [0.25, 0.3) is 5.91 Å². The average molecular weight is 312 g/mol. The molecule has 0 atom stereocenters. The topological polar surface area (TPSA) is 55.6 Å². The van der Waals surface area contributed by atoms with Crippen LogP contribution in [0.4, 0.5) is 8.78 Å². The molecule has 0 aliphatic carbocycles. The highest BCUT2D eigenvalue weighted by atomic mass is 19.3. The van der Waals surface area contributed by atoms with E-state index >= 15 is 0 Å². The van der Waals surface area contributed by atoms with E-state index in [1.165, 1.54) is 0 Å². The standard InChI is InChI=1S/C16H22F2N2O2/c1-10-7-13(8-11(2)14(10)22-16(17)18)15(21)20-5-3-12(9-19)4-6-20/h7-8,12,16H,3-6,9,19H2,1-2H3. The van der Waals surface area contributed by atoms with Gasteiger partial charge < -0.3 is 15.4 Å². The normalized spacial score (nSPS) is 16.2. The quantitative estimate of drug-likeness (QED) is 0.930. The predicted molar refractivity (Wildman–Crippen MR) is 80.2 cm³/mol. The molecule has 1 saturated heterocycles. The largest absolute Gasteiger partial charge is 0.434 e. The zero-order valence-electron chi connectivity index (χ0n) is 12.9. The fraction of sp³-hybridized carbons (Fsp3) is 0.562. The van der Waals surface area contributed by atoms with Crippen molar-refractivity contribution < 1.29 is 18.3 Å². The number of alkyl halides is 2. The number of halogens is 2. The number of rotatable bonds is 4. The van der Waals surface area contributed by atoms with Crippen LogP contribution in [0.25, 0.3) is 0 Å². The molecule has 1 fully saturated rings. The van der Waals surface area contributed by atoms with E-state index < -0.39 is 6.61 Å². The third-order valence-corrected chi connectivity index (χ3v) is 4.15. The molecule has 4 nitrogen and oxygen atoms in total. The second kappa shape index (κ2) is 7.05. The van der Waals surface area contributed by atoms with E-state index in [1.54, 1.807) is 30.9 Å². The fourth-order valence-electron chi connectivity index (χ4n) is 2.90. The molecule has 22 heavy (non-hydrogen) atoms. The number of nitrogens with two attached hydrogens (primary N) is 1. The first-order valence-corrected chi connectivity index (χ1v) is 7.47. The summed E-state index contributed by atoms with van der Waals surface area (Å²) in [6.07, 6.45) is 1.82. The van der Waals surface area contributed by atoms with Crippen LogP contribution in [-0.4, -0.2) is 37.1 Å². The number of hydrogen-bond acceptors (Lipinski definition) is 3. The first-order chi connectivity index (χ1) is 10.4. The van der Waals surface area contributed by atoms with E-state index in [2.05, 4.69) is 4.74 Å². The molecule has 0 aromatic heterocycles. The summed E-state index contributed by atoms with van der Waals surface area (Å²) in [7, 11) is 0. The van der Waals surface area contributed by atoms with Gasteiger partial charge in [0.2, 0.25) is 0 Å². The molecule has 0 radical (unpaired) electrons. The second-order valence-electron chi connectivity index (χ2n) is 5.79. The van der Waals surface area contributed by atoms with Gasteiger partial charge in [0, 0.05) is 18.7 Å². The van der Waals surface area contributed by atoms with Crippen LogP contribution < -0.4 is 10.5 Å². The Hall–Kier alpha value is -1.69. The molecule has 0 bridgehead atoms. The van der Waals surface area contributed by atoms with Gasteiger partial charge in [0.1, 0.15) is 5.75 Å². The maximum Gasteiger partial charge on any atom is 0.387 e. The van der Waals surface area contributed by atoms with Crippen molar-refractivity contribution in [3.63, 3.8) is 0 Å². The first kappa shape index (κ1) is 16.7. The van der Waals surface area contributed by atoms with Gasteiger partial charge in [-0.15, -0.1) is 0 Å². The van der Waals surface area contributed by atoms with Gasteiger partial charge in [-0.3, -0.25) is 4.79 Å². The van der Waals surface area contributed by atoms with Crippen LogP contribution in [0.5, 0.6) is 5.75 Å². The Labute approximate surface area is 129 Å². The minimum Gasteiger partial charge on any atom is -0.434 e. The molecule has 0 spiro atoms. The van der Waals surface area contributed by atoms with E-state index in [0.29, 0.717) is 42.2 Å². The summed E-state index contributed by atoms with van der Waals surface area (Å²) in [5.74, 6) is 0.563. The Bertz CT molecular complexity index is 518. The van der Waals surface area contributed by atoms with Crippen LogP contribution in [-0.2, 0) is 0 Å². The molecule has 2 rings (SSSR count). The Balaban J connectivity index is 2.14. The van der Waals surface area contributed by atoms with Gasteiger partial charge in [-0.05, 0) is 62.4 Å². The molecule has 1 amide bonds. The molecular weight excluding hydrogens is 290 g/mol. The summed E-state index contributed by atoms with van der Waals surface area (Å²) in [5.41, 5.74) is 7.25. The molecule has 122 valence electrons. The lowest BCUT2D eigenvalue weighted by molar-refractivity contribution is -0.0507. The number of carbonyl (C=O) groups excluding carboxylic acids is 1. The molecule has 2 N–H and O–H groups in total. The van der Waals surface area contributed by atoms with Crippen LogP contribution in [0, 0.1) is 19.8 Å². The molecule has 1 aliphatic heterocycles. The van der Waals surface area contributed by atoms with Gasteiger partial charge in [0.05, 0.1) is 0 Å². The fourth-order valence-corrected chi connectivity index (χ4v) is 2.90. The number of hydrogen-bond donors (Lipinski definition) is 1. The van der Waals surface area contributed by atoms with E-state index in [1.807, 2.05) is 0 Å². The van der Waals surface area contributed by atoms with Gasteiger partial charge >= 0.3 is 6.61 Å². The number of ether oxygens (including phenoxy) is 1. The van der Waals surface area contributed by atoms with Crippen LogP contribution in [0.2, 0.25) is 0 Å². The summed E-state index contributed by atoms with van der Waals surface area (Å²) in [6.45, 7) is 2.50. The molecule has 0 unspecified atom stereocenters. The number of carbonyl (C=O) groups is 1. The van der Waals surface area contributed by atoms with Crippen molar-refractivity contribution in [3.05, 3.63) is 28.8 Å². The van der Waals surface area contributed by atoms with E-state index in [9.17, 15) is 13.6 Å². The highest BCUT2D eigenvalue weighted by Crippen LogP contribution is 2.27. The van der Waals surface area contributed by atoms with E-state index in [0.717, 1.165) is 12.8 Å². The van der Waals surface area contributed by atoms with Crippen LogP contribution >= 0.6 is 0 Å². The van der Waals surface area contributed by atoms with Crippen molar-refractivity contribution in [2.75, 3.05) is 19.6 Å². The Morgan fingerprint density at radius 2 is 1.86 bits per heavy atom. The third kappa shape index (κ3) is 3.74. The number of piperidine rings is 1. The zero-order valence-corrected chi connectivity index (χ0v) is 12.9. The van der Waals surface area contributed by atoms with Crippen molar-refractivity contribution in [1.82, 2.24) is 4.90 Å². The minimum absolute atomic E-state index is 0.0646. The molecule has 6 heteroatoms. The monoisotopic (exact) mass is 312 g/mol. The van der Waals surface area contributed by atoms with Crippen molar-refractivity contribution in [3.8, 4) is 5.75 Å². The highest BCUT2D eigenvalue weighted by molar-refractivity contribution is 5.95. The van der Waals surface area contributed by atoms with Gasteiger partial charge in [-0.1, -0.05) is 0 Å². The van der Waals surface area contributed by atoms with Crippen LogP contribution in [0.15, 0.2) is 12.1 Å². The summed E-state index contributed by atoms with van der Waals surface area (Å²) < 4.78 is 29.3. The number of aryl methyl sites for hydroxylation is 2. The number of amides is 1. The highest BCUT2D eigenvalue weighted by Gasteiger charge is 2.24. The SMILES string of the molecule is Cc1cc(C(=O)N2CCC(CN)CC2)cc(C)c1OC(F)F. The number of likely N-dealkylation sites (tertiary alicyclic amines) is 1. The molecule has 1 aliphatic rings. The molecule has 1 heterocycles. The molecule has 0 saturated carbocycles. The van der Waals surface area contributed by atoms with Gasteiger partial charge in [-0.2, -0.15) is 8.78 Å². The zero-order chi connectivity index (χ0) is 16.3. The lowest BCUT2D eigenvalue weighted by atomic mass is 9.96. The van der Waals surface area contributed by atoms with E-state index in [-0.39, 0.29) is 11.7 Å².